The highest BCUT2D eigenvalue weighted by atomic mass is 16.6. The fourth-order valence-corrected chi connectivity index (χ4v) is 4.86. The van der Waals surface area contributed by atoms with Crippen LogP contribution < -0.4 is 9.47 Å². The van der Waals surface area contributed by atoms with Crippen LogP contribution in [0.1, 0.15) is 31.0 Å². The van der Waals surface area contributed by atoms with Crippen molar-refractivity contribution in [2.75, 3.05) is 13.2 Å². The molecule has 1 aromatic heterocycles. The molecule has 0 saturated heterocycles. The van der Waals surface area contributed by atoms with E-state index in [9.17, 15) is 4.79 Å². The molecule has 1 saturated carbocycles. The zero-order valence-electron chi connectivity index (χ0n) is 18.1. The highest BCUT2D eigenvalue weighted by molar-refractivity contribution is 5.95. The Morgan fingerprint density at radius 1 is 0.969 bits per heavy atom. The van der Waals surface area contributed by atoms with Crippen LogP contribution in [0.5, 0.6) is 11.5 Å². The van der Waals surface area contributed by atoms with Crippen LogP contribution in [-0.2, 0) is 16.6 Å². The summed E-state index contributed by atoms with van der Waals surface area (Å²) in [5, 5.41) is 1.19. The largest absolute Gasteiger partial charge is 0.486 e. The second-order valence-corrected chi connectivity index (χ2v) is 8.97. The predicted molar refractivity (Wildman–Crippen MR) is 128 cm³/mol. The predicted octanol–water partition coefficient (Wildman–Crippen LogP) is 6.00. The Labute approximate surface area is 188 Å². The third-order valence-electron chi connectivity index (χ3n) is 6.91. The maximum absolute atomic E-state index is 13.5. The molecule has 0 atom stereocenters. The molecule has 0 bridgehead atoms. The smallest absolute Gasteiger partial charge is 0.161 e. The van der Waals surface area contributed by atoms with Crippen LogP contribution in [0.25, 0.3) is 22.0 Å². The summed E-state index contributed by atoms with van der Waals surface area (Å²) in [6.07, 6.45) is 4.19. The third-order valence-corrected chi connectivity index (χ3v) is 6.91. The van der Waals surface area contributed by atoms with E-state index in [1.54, 1.807) is 0 Å². The normalized spacial score (nSPS) is 16.2. The van der Waals surface area contributed by atoms with Crippen LogP contribution >= 0.6 is 0 Å². The summed E-state index contributed by atoms with van der Waals surface area (Å²) in [5.41, 5.74) is 6.44. The molecule has 0 amide bonds. The minimum atomic E-state index is -0.384. The van der Waals surface area contributed by atoms with Gasteiger partial charge >= 0.3 is 0 Å². The number of aromatic nitrogens is 1. The number of H-pyrrole nitrogens is 1. The summed E-state index contributed by atoms with van der Waals surface area (Å²) in [6, 6.07) is 20.9. The lowest BCUT2D eigenvalue weighted by Crippen LogP contribution is -2.23. The summed E-state index contributed by atoms with van der Waals surface area (Å²) in [7, 11) is 0. The first-order valence-corrected chi connectivity index (χ1v) is 11.2. The summed E-state index contributed by atoms with van der Waals surface area (Å²) in [6.45, 7) is 3.25. The summed E-state index contributed by atoms with van der Waals surface area (Å²) in [5.74, 6) is 1.81. The number of aromatic amines is 1. The van der Waals surface area contributed by atoms with Gasteiger partial charge in [0.2, 0.25) is 0 Å². The molecule has 0 spiro atoms. The summed E-state index contributed by atoms with van der Waals surface area (Å²) < 4.78 is 11.4. The molecule has 2 heterocycles. The first kappa shape index (κ1) is 19.2. The zero-order chi connectivity index (χ0) is 21.7. The minimum absolute atomic E-state index is 0. The number of ether oxygens (including phenoxy) is 2. The van der Waals surface area contributed by atoms with Gasteiger partial charge in [-0.2, -0.15) is 0 Å². The first-order valence-electron chi connectivity index (χ1n) is 11.2. The van der Waals surface area contributed by atoms with Gasteiger partial charge in [0.05, 0.1) is 5.41 Å². The number of carbonyl (C=O) groups is 1. The van der Waals surface area contributed by atoms with Crippen LogP contribution in [0.4, 0.5) is 0 Å². The van der Waals surface area contributed by atoms with Crippen LogP contribution in [0.2, 0.25) is 0 Å². The minimum Gasteiger partial charge on any atom is -0.486 e. The summed E-state index contributed by atoms with van der Waals surface area (Å²) in [4.78, 5) is 16.7. The number of rotatable bonds is 5. The number of benzene rings is 3. The van der Waals surface area contributed by atoms with Crippen molar-refractivity contribution < 1.29 is 15.7 Å². The van der Waals surface area contributed by atoms with E-state index in [0.717, 1.165) is 41.0 Å². The monoisotopic (exact) mass is 425 g/mol. The highest BCUT2D eigenvalue weighted by Crippen LogP contribution is 2.51. The number of carbonyl (C=O) groups excluding carboxylic acids is 1. The lowest BCUT2D eigenvalue weighted by molar-refractivity contribution is -0.120. The van der Waals surface area contributed by atoms with Gasteiger partial charge in [-0.3, -0.25) is 4.79 Å². The zero-order valence-corrected chi connectivity index (χ0v) is 18.1. The molecule has 1 N–H and O–H groups in total. The fourth-order valence-electron chi connectivity index (χ4n) is 4.86. The topological polar surface area (TPSA) is 51.3 Å². The van der Waals surface area contributed by atoms with Gasteiger partial charge in [0.1, 0.15) is 19.0 Å². The van der Waals surface area contributed by atoms with Gasteiger partial charge in [-0.05, 0) is 83.3 Å². The van der Waals surface area contributed by atoms with E-state index in [1.807, 2.05) is 24.4 Å². The molecule has 0 unspecified atom stereocenters. The number of fused-ring (bicyclic) bond motifs is 2. The molecule has 32 heavy (non-hydrogen) atoms. The molecule has 6 rings (SSSR count). The number of nitrogens with one attached hydrogen (secondary N) is 1. The van der Waals surface area contributed by atoms with Gasteiger partial charge in [-0.1, -0.05) is 30.3 Å². The Balaban J connectivity index is 0.00000228. The maximum atomic E-state index is 13.5. The van der Waals surface area contributed by atoms with Crippen LogP contribution in [0, 0.1) is 6.92 Å². The number of Topliss-reactive ketones (excluding diaryl/α,β-unsaturated/α-hetero) is 1. The molecule has 3 aromatic carbocycles. The summed E-state index contributed by atoms with van der Waals surface area (Å²) >= 11 is 0. The molecule has 4 aromatic rings. The molecular formula is C28H27NO3. The van der Waals surface area contributed by atoms with E-state index in [4.69, 9.17) is 9.47 Å². The van der Waals surface area contributed by atoms with Crippen LogP contribution in [0.15, 0.2) is 66.9 Å². The standard InChI is InChI=1S/C28H25NO3.H2/c1-18-2-3-19(14-23(18)20-4-6-24-21(16-20)8-11-29-24)15-27(30)28(9-10-28)22-5-7-25-26(17-22)32-13-12-31-25;/h2-8,11,14,16-17,29H,9-10,12-13,15H2,1H3;1H. The lowest BCUT2D eigenvalue weighted by atomic mass is 9.86. The van der Waals surface area contributed by atoms with Gasteiger partial charge in [0.25, 0.3) is 0 Å². The SMILES string of the molecule is Cc1ccc(CC(=O)C2(c3ccc4c(c3)OCCO4)CC2)cc1-c1ccc2[nH]ccc2c1.[HH]. The van der Waals surface area contributed by atoms with Gasteiger partial charge in [0, 0.05) is 19.6 Å². The molecule has 4 heteroatoms. The van der Waals surface area contributed by atoms with E-state index in [-0.39, 0.29) is 12.6 Å². The Hall–Kier alpha value is -3.53. The molecule has 2 aliphatic rings. The number of hydrogen-bond donors (Lipinski definition) is 1. The van der Waals surface area contributed by atoms with Crippen LogP contribution in [0.3, 0.4) is 0 Å². The second kappa shape index (κ2) is 7.27. The highest BCUT2D eigenvalue weighted by Gasteiger charge is 2.50. The molecule has 162 valence electrons. The van der Waals surface area contributed by atoms with Crippen molar-refractivity contribution in [2.24, 2.45) is 0 Å². The van der Waals surface area contributed by atoms with Crippen molar-refractivity contribution in [2.45, 2.75) is 31.6 Å². The van der Waals surface area contributed by atoms with E-state index >= 15 is 0 Å². The molecule has 4 nitrogen and oxygen atoms in total. The Bertz CT molecular complexity index is 1350. The second-order valence-electron chi connectivity index (χ2n) is 8.97. The molecule has 1 fully saturated rings. The number of ketones is 1. The van der Waals surface area contributed by atoms with Crippen LogP contribution in [-0.4, -0.2) is 24.0 Å². The van der Waals surface area contributed by atoms with E-state index in [1.165, 1.54) is 22.1 Å². The van der Waals surface area contributed by atoms with E-state index in [2.05, 4.69) is 54.4 Å². The van der Waals surface area contributed by atoms with Gasteiger partial charge in [-0.15, -0.1) is 0 Å². The van der Waals surface area contributed by atoms with Gasteiger partial charge < -0.3 is 14.5 Å². The van der Waals surface area contributed by atoms with Crippen molar-refractivity contribution in [3.63, 3.8) is 0 Å². The average molecular weight is 426 g/mol. The first-order chi connectivity index (χ1) is 15.6. The quantitative estimate of drug-likeness (QED) is 0.426. The third kappa shape index (κ3) is 3.18. The van der Waals surface area contributed by atoms with Crippen molar-refractivity contribution in [3.8, 4) is 22.6 Å². The fraction of sp³-hybridized carbons (Fsp3) is 0.250. The molecule has 1 aliphatic carbocycles. The van der Waals surface area contributed by atoms with Crippen molar-refractivity contribution in [1.29, 1.82) is 0 Å². The Morgan fingerprint density at radius 3 is 2.66 bits per heavy atom. The Kier molecular flexibility index (Phi) is 4.35. The number of hydrogen-bond acceptors (Lipinski definition) is 3. The van der Waals surface area contributed by atoms with Crippen molar-refractivity contribution >= 4 is 16.7 Å². The van der Waals surface area contributed by atoms with E-state index in [0.29, 0.717) is 19.6 Å². The van der Waals surface area contributed by atoms with Gasteiger partial charge in [-0.25, -0.2) is 0 Å². The maximum Gasteiger partial charge on any atom is 0.161 e. The number of aryl methyl sites for hydroxylation is 1. The van der Waals surface area contributed by atoms with Gasteiger partial charge in [0.15, 0.2) is 11.5 Å². The Morgan fingerprint density at radius 2 is 1.81 bits per heavy atom. The molecular weight excluding hydrogens is 398 g/mol. The molecule has 1 aliphatic heterocycles. The van der Waals surface area contributed by atoms with E-state index < -0.39 is 0 Å². The molecule has 0 radical (unpaired) electrons. The lowest BCUT2D eigenvalue weighted by Gasteiger charge is -2.21. The average Bonchev–Trinajstić information content (AvgIpc) is 3.51. The van der Waals surface area contributed by atoms with Crippen molar-refractivity contribution in [3.05, 3.63) is 83.6 Å². The van der Waals surface area contributed by atoms with Crippen molar-refractivity contribution in [1.82, 2.24) is 4.98 Å².